The van der Waals surface area contributed by atoms with E-state index in [9.17, 15) is 43.2 Å². The Morgan fingerprint density at radius 1 is 0.786 bits per heavy atom. The van der Waals surface area contributed by atoms with Crippen LogP contribution in [0.4, 0.5) is 26.3 Å². The Kier molecular flexibility index (Phi) is 7.34. The SMILES string of the molecule is C[Si](C)(OS(=O)(=O)C(F)(F)F)C1CCC(S(C)(C)OS(=O)(=O)C(F)(F)F)CC1. The van der Waals surface area contributed by atoms with Crippen LogP contribution in [0.2, 0.25) is 18.6 Å². The highest BCUT2D eigenvalue weighted by atomic mass is 32.3. The van der Waals surface area contributed by atoms with Gasteiger partial charge < -0.3 is 3.87 Å². The molecule has 0 aliphatic heterocycles. The molecule has 0 spiro atoms. The molecule has 0 atom stereocenters. The van der Waals surface area contributed by atoms with Crippen LogP contribution in [0.1, 0.15) is 25.7 Å². The van der Waals surface area contributed by atoms with Gasteiger partial charge in [-0.1, -0.05) is 0 Å². The Bertz CT molecular complexity index is 701. The van der Waals surface area contributed by atoms with Gasteiger partial charge in [0, 0.05) is 5.25 Å². The van der Waals surface area contributed by atoms with Gasteiger partial charge in [-0.3, -0.25) is 0 Å². The summed E-state index contributed by atoms with van der Waals surface area (Å²) in [6.07, 6.45) is 3.31. The van der Waals surface area contributed by atoms with E-state index in [-0.39, 0.29) is 25.7 Å². The maximum Gasteiger partial charge on any atom is 0.523 e. The van der Waals surface area contributed by atoms with E-state index in [1.807, 2.05) is 0 Å². The molecule has 1 rings (SSSR count). The largest absolute Gasteiger partial charge is 0.523 e. The Morgan fingerprint density at radius 3 is 1.54 bits per heavy atom. The summed E-state index contributed by atoms with van der Waals surface area (Å²) in [5, 5.41) is -0.537. The Morgan fingerprint density at radius 2 is 1.18 bits per heavy atom. The highest BCUT2D eigenvalue weighted by Gasteiger charge is 2.53. The summed E-state index contributed by atoms with van der Waals surface area (Å²) in [6.45, 7) is 2.65. The van der Waals surface area contributed by atoms with E-state index in [0.717, 1.165) is 0 Å². The van der Waals surface area contributed by atoms with Gasteiger partial charge in [-0.25, -0.2) is 3.63 Å². The summed E-state index contributed by atoms with van der Waals surface area (Å²) in [7, 11) is -17.6. The first-order valence-corrected chi connectivity index (χ1v) is 16.1. The highest BCUT2D eigenvalue weighted by Crippen LogP contribution is 2.57. The van der Waals surface area contributed by atoms with Gasteiger partial charge in [0.25, 0.3) is 0 Å². The Hall–Kier alpha value is -0.0331. The van der Waals surface area contributed by atoms with Crippen molar-refractivity contribution in [1.82, 2.24) is 0 Å². The van der Waals surface area contributed by atoms with Crippen molar-refractivity contribution in [3.63, 3.8) is 0 Å². The molecule has 6 nitrogen and oxygen atoms in total. The molecule has 1 aliphatic rings. The molecule has 0 N–H and O–H groups in total. The van der Waals surface area contributed by atoms with Crippen molar-refractivity contribution in [3.8, 4) is 0 Å². The van der Waals surface area contributed by atoms with Crippen molar-refractivity contribution in [2.24, 2.45) is 0 Å². The summed E-state index contributed by atoms with van der Waals surface area (Å²) in [5.74, 6) is 0. The first kappa shape index (κ1) is 26.0. The van der Waals surface area contributed by atoms with Gasteiger partial charge in [-0.05, 0) is 56.8 Å². The summed E-state index contributed by atoms with van der Waals surface area (Å²) in [6, 6.07) is 0. The number of hydrogen-bond acceptors (Lipinski definition) is 6. The number of rotatable bonds is 6. The molecule has 0 amide bonds. The van der Waals surface area contributed by atoms with Gasteiger partial charge in [0.1, 0.15) is 0 Å². The first-order valence-electron chi connectivity index (χ1n) is 7.89. The molecule has 1 fully saturated rings. The summed E-state index contributed by atoms with van der Waals surface area (Å²) in [4.78, 5) is 0. The Balaban J connectivity index is 2.84. The zero-order valence-corrected chi connectivity index (χ0v) is 18.9. The van der Waals surface area contributed by atoms with Crippen LogP contribution in [0.5, 0.6) is 0 Å². The van der Waals surface area contributed by atoms with Crippen LogP contribution in [-0.4, -0.2) is 53.9 Å². The average molecular weight is 501 g/mol. The molecule has 0 bridgehead atoms. The maximum absolute atomic E-state index is 12.6. The van der Waals surface area contributed by atoms with Crippen LogP contribution in [0.15, 0.2) is 0 Å². The lowest BCUT2D eigenvalue weighted by Crippen LogP contribution is -2.44. The van der Waals surface area contributed by atoms with Gasteiger partial charge in [0.05, 0.1) is 0 Å². The minimum Gasteiger partial charge on any atom is -0.308 e. The lowest BCUT2D eigenvalue weighted by Gasteiger charge is -2.44. The molecular weight excluding hydrogens is 478 g/mol. The smallest absolute Gasteiger partial charge is 0.308 e. The van der Waals surface area contributed by atoms with Gasteiger partial charge >= 0.3 is 31.3 Å². The second-order valence-corrected chi connectivity index (χ2v) is 18.6. The summed E-state index contributed by atoms with van der Waals surface area (Å²) in [5.41, 5.74) is -11.6. The normalized spacial score (nSPS) is 24.2. The van der Waals surface area contributed by atoms with E-state index in [4.69, 9.17) is 0 Å². The maximum atomic E-state index is 12.6. The number of halogens is 6. The van der Waals surface area contributed by atoms with E-state index in [1.54, 1.807) is 0 Å². The van der Waals surface area contributed by atoms with Gasteiger partial charge in [0.15, 0.2) is 0 Å². The Labute approximate surface area is 162 Å². The van der Waals surface area contributed by atoms with E-state index in [0.29, 0.717) is 0 Å². The van der Waals surface area contributed by atoms with Crippen molar-refractivity contribution >= 4 is 38.9 Å². The third-order valence-electron chi connectivity index (χ3n) is 4.62. The molecule has 0 aromatic carbocycles. The van der Waals surface area contributed by atoms with Crippen LogP contribution in [0.3, 0.4) is 0 Å². The lowest BCUT2D eigenvalue weighted by molar-refractivity contribution is -0.0506. The molecule has 0 aromatic heterocycles. The second-order valence-electron chi connectivity index (χ2n) is 7.34. The van der Waals surface area contributed by atoms with E-state index in [2.05, 4.69) is 7.50 Å². The third-order valence-corrected chi connectivity index (χ3v) is 15.1. The minimum atomic E-state index is -5.77. The number of alkyl halides is 6. The van der Waals surface area contributed by atoms with Crippen LogP contribution < -0.4 is 0 Å². The standard InChI is InChI=1S/C12H22F6O6S3Si/c1-25(2,23-26(19,20)11(13,14)15)9-5-7-10(8-6-9)28(3,4)24-27(21,22)12(16,17)18/h9-10H,5-8H2,1-4H3. The second kappa shape index (κ2) is 7.90. The van der Waals surface area contributed by atoms with E-state index < -0.39 is 60.7 Å². The molecular formula is C12H22F6O6S3Si. The van der Waals surface area contributed by atoms with Crippen LogP contribution in [0.25, 0.3) is 0 Å². The zero-order chi connectivity index (χ0) is 22.4. The third kappa shape index (κ3) is 5.99. The fourth-order valence-electron chi connectivity index (χ4n) is 3.05. The molecule has 1 saturated carbocycles. The topological polar surface area (TPSA) is 86.7 Å². The van der Waals surface area contributed by atoms with Gasteiger partial charge in [-0.2, -0.15) is 43.2 Å². The average Bonchev–Trinajstić information content (AvgIpc) is 2.42. The molecule has 0 heterocycles. The quantitative estimate of drug-likeness (QED) is 0.308. The summed E-state index contributed by atoms with van der Waals surface area (Å²) < 4.78 is 129. The predicted octanol–water partition coefficient (Wildman–Crippen LogP) is 4.22. The zero-order valence-electron chi connectivity index (χ0n) is 15.4. The first-order chi connectivity index (χ1) is 12.1. The molecule has 1 aliphatic carbocycles. The van der Waals surface area contributed by atoms with Crippen LogP contribution >= 0.6 is 10.3 Å². The van der Waals surface area contributed by atoms with Crippen molar-refractivity contribution in [2.75, 3.05) is 12.5 Å². The molecule has 0 saturated heterocycles. The molecule has 0 radical (unpaired) electrons. The van der Waals surface area contributed by atoms with E-state index in [1.165, 1.54) is 25.6 Å². The lowest BCUT2D eigenvalue weighted by atomic mass is 9.99. The fourth-order valence-corrected chi connectivity index (χ4v) is 12.0. The molecule has 16 heteroatoms. The molecule has 28 heavy (non-hydrogen) atoms. The van der Waals surface area contributed by atoms with Crippen molar-refractivity contribution < 1.29 is 50.7 Å². The monoisotopic (exact) mass is 500 g/mol. The van der Waals surface area contributed by atoms with Crippen LogP contribution in [-0.2, 0) is 27.7 Å². The van der Waals surface area contributed by atoms with Crippen molar-refractivity contribution in [3.05, 3.63) is 0 Å². The number of hydrogen-bond donors (Lipinski definition) is 0. The minimum absolute atomic E-state index is 0.187. The molecule has 0 aromatic rings. The molecule has 0 unspecified atom stereocenters. The predicted molar refractivity (Wildman–Crippen MR) is 95.0 cm³/mol. The van der Waals surface area contributed by atoms with E-state index >= 15 is 0 Å². The van der Waals surface area contributed by atoms with Crippen molar-refractivity contribution in [2.45, 2.75) is 60.6 Å². The van der Waals surface area contributed by atoms with Gasteiger partial charge in [-0.15, -0.1) is 10.3 Å². The van der Waals surface area contributed by atoms with Crippen LogP contribution in [0, 0.1) is 0 Å². The fraction of sp³-hybridized carbons (Fsp3) is 1.00. The molecule has 170 valence electrons. The van der Waals surface area contributed by atoms with Crippen molar-refractivity contribution in [1.29, 1.82) is 0 Å². The highest BCUT2D eigenvalue weighted by molar-refractivity contribution is 8.32. The summed E-state index contributed by atoms with van der Waals surface area (Å²) >= 11 is 0. The van der Waals surface area contributed by atoms with Gasteiger partial charge in [0.2, 0.25) is 8.32 Å².